The lowest BCUT2D eigenvalue weighted by Crippen LogP contribution is -2.40. The monoisotopic (exact) mass is 319 g/mol. The van der Waals surface area contributed by atoms with Crippen LogP contribution in [-0.2, 0) is 0 Å². The van der Waals surface area contributed by atoms with Gasteiger partial charge in [0.25, 0.3) is 5.91 Å². The quantitative estimate of drug-likeness (QED) is 0.741. The van der Waals surface area contributed by atoms with E-state index in [1.807, 2.05) is 4.90 Å². The van der Waals surface area contributed by atoms with Crippen LogP contribution in [0.5, 0.6) is 0 Å². The fourth-order valence-corrected chi connectivity index (χ4v) is 3.03. The number of hydrogen-bond donors (Lipinski definition) is 0. The molecule has 2 nitrogen and oxygen atoms in total. The van der Waals surface area contributed by atoms with Crippen LogP contribution in [-0.4, -0.2) is 29.3 Å². The maximum absolute atomic E-state index is 12.6. The normalized spacial score (nSPS) is 15.7. The Kier molecular flexibility index (Phi) is 5.37. The summed E-state index contributed by atoms with van der Waals surface area (Å²) in [5, 5.41) is 0.868. The summed E-state index contributed by atoms with van der Waals surface area (Å²) in [7, 11) is 0. The molecule has 1 aliphatic carbocycles. The van der Waals surface area contributed by atoms with E-state index in [1.54, 1.807) is 18.2 Å². The van der Waals surface area contributed by atoms with Gasteiger partial charge in [-0.2, -0.15) is 0 Å². The summed E-state index contributed by atoms with van der Waals surface area (Å²) in [5.41, 5.74) is 0.575. The van der Waals surface area contributed by atoms with Gasteiger partial charge in [-0.25, -0.2) is 0 Å². The van der Waals surface area contributed by atoms with E-state index in [4.69, 9.17) is 34.8 Å². The minimum Gasteiger partial charge on any atom is -0.334 e. The Morgan fingerprint density at radius 3 is 2.47 bits per heavy atom. The molecule has 0 aromatic heterocycles. The van der Waals surface area contributed by atoms with Crippen LogP contribution in [0.1, 0.15) is 36.0 Å². The molecule has 5 heteroatoms. The molecule has 1 amide bonds. The second-order valence-corrected chi connectivity index (χ2v) is 5.95. The van der Waals surface area contributed by atoms with Crippen molar-refractivity contribution in [1.29, 1.82) is 0 Å². The van der Waals surface area contributed by atoms with Crippen molar-refractivity contribution in [1.82, 2.24) is 4.90 Å². The first-order chi connectivity index (χ1) is 9.13. The molecule has 0 unspecified atom stereocenters. The van der Waals surface area contributed by atoms with Gasteiger partial charge in [-0.1, -0.05) is 36.0 Å². The van der Waals surface area contributed by atoms with Gasteiger partial charge in [0.1, 0.15) is 0 Å². The smallest absolute Gasteiger partial charge is 0.254 e. The molecule has 0 bridgehead atoms. The molecule has 1 fully saturated rings. The van der Waals surface area contributed by atoms with Gasteiger partial charge in [-0.05, 0) is 31.0 Å². The van der Waals surface area contributed by atoms with E-state index >= 15 is 0 Å². The van der Waals surface area contributed by atoms with Gasteiger partial charge in [0.2, 0.25) is 0 Å². The molecule has 1 saturated carbocycles. The summed E-state index contributed by atoms with van der Waals surface area (Å²) in [6.07, 6.45) is 4.48. The fraction of sp³-hybridized carbons (Fsp3) is 0.500. The average Bonchev–Trinajstić information content (AvgIpc) is 2.92. The number of benzene rings is 1. The highest BCUT2D eigenvalue weighted by Crippen LogP contribution is 2.27. The summed E-state index contributed by atoms with van der Waals surface area (Å²) in [6.45, 7) is 0.575. The van der Waals surface area contributed by atoms with Gasteiger partial charge in [0.05, 0.1) is 10.0 Å². The molecule has 1 aromatic rings. The van der Waals surface area contributed by atoms with E-state index in [9.17, 15) is 4.79 Å². The van der Waals surface area contributed by atoms with Crippen LogP contribution in [0.2, 0.25) is 10.0 Å². The molecule has 104 valence electrons. The lowest BCUT2D eigenvalue weighted by atomic mass is 10.1. The SMILES string of the molecule is O=C(c1ccc(Cl)c(Cl)c1)N(CCCl)C1CCCC1. The lowest BCUT2D eigenvalue weighted by molar-refractivity contribution is 0.0695. The minimum atomic E-state index is -0.00823. The minimum absolute atomic E-state index is 0.00823. The number of amides is 1. The zero-order valence-electron chi connectivity index (χ0n) is 10.5. The van der Waals surface area contributed by atoms with E-state index in [0.29, 0.717) is 34.1 Å². The first-order valence-electron chi connectivity index (χ1n) is 6.45. The summed E-state index contributed by atoms with van der Waals surface area (Å²) in [4.78, 5) is 14.4. The number of rotatable bonds is 4. The third-order valence-electron chi connectivity index (χ3n) is 3.52. The third kappa shape index (κ3) is 3.56. The topological polar surface area (TPSA) is 20.3 Å². The molecule has 1 aromatic carbocycles. The highest BCUT2D eigenvalue weighted by molar-refractivity contribution is 6.42. The van der Waals surface area contributed by atoms with Crippen LogP contribution >= 0.6 is 34.8 Å². The molecule has 0 radical (unpaired) electrons. The standard InChI is InChI=1S/C14H16Cl3NO/c15-7-8-18(11-3-1-2-4-11)14(19)10-5-6-12(16)13(17)9-10/h5-6,9,11H,1-4,7-8H2. The van der Waals surface area contributed by atoms with Crippen LogP contribution in [0.4, 0.5) is 0 Å². The molecule has 0 spiro atoms. The Labute approximate surface area is 128 Å². The Hall–Kier alpha value is -0.440. The van der Waals surface area contributed by atoms with Crippen LogP contribution < -0.4 is 0 Å². The van der Waals surface area contributed by atoms with Gasteiger partial charge in [-0.3, -0.25) is 4.79 Å². The van der Waals surface area contributed by atoms with Crippen molar-refractivity contribution in [3.8, 4) is 0 Å². The van der Waals surface area contributed by atoms with Gasteiger partial charge in [0.15, 0.2) is 0 Å². The fourth-order valence-electron chi connectivity index (χ4n) is 2.55. The van der Waals surface area contributed by atoms with E-state index in [1.165, 1.54) is 12.8 Å². The lowest BCUT2D eigenvalue weighted by Gasteiger charge is -2.28. The second kappa shape index (κ2) is 6.83. The predicted molar refractivity (Wildman–Crippen MR) is 80.5 cm³/mol. The van der Waals surface area contributed by atoms with Crippen molar-refractivity contribution in [3.05, 3.63) is 33.8 Å². The largest absolute Gasteiger partial charge is 0.334 e. The number of carbonyl (C=O) groups excluding carboxylic acids is 1. The van der Waals surface area contributed by atoms with Crippen LogP contribution in [0.25, 0.3) is 0 Å². The predicted octanol–water partition coefficient (Wildman–Crippen LogP) is 4.62. The van der Waals surface area contributed by atoms with Gasteiger partial charge < -0.3 is 4.90 Å². The number of alkyl halides is 1. The Morgan fingerprint density at radius 2 is 1.89 bits per heavy atom. The molecule has 0 heterocycles. The molecule has 19 heavy (non-hydrogen) atoms. The molecule has 0 N–H and O–H groups in total. The molecule has 2 rings (SSSR count). The first kappa shape index (κ1) is 15.0. The van der Waals surface area contributed by atoms with Crippen molar-refractivity contribution in [2.45, 2.75) is 31.7 Å². The summed E-state index contributed by atoms with van der Waals surface area (Å²) in [5.74, 6) is 0.440. The van der Waals surface area contributed by atoms with Gasteiger partial charge in [-0.15, -0.1) is 11.6 Å². The van der Waals surface area contributed by atoms with Crippen molar-refractivity contribution in [2.75, 3.05) is 12.4 Å². The Bertz CT molecular complexity index is 458. The van der Waals surface area contributed by atoms with Crippen LogP contribution in [0.15, 0.2) is 18.2 Å². The Morgan fingerprint density at radius 1 is 1.21 bits per heavy atom. The van der Waals surface area contributed by atoms with Crippen molar-refractivity contribution in [2.24, 2.45) is 0 Å². The maximum atomic E-state index is 12.6. The molecular weight excluding hydrogens is 305 g/mol. The molecule has 1 aliphatic rings. The molecular formula is C14H16Cl3NO. The number of nitrogens with zero attached hydrogens (tertiary/aromatic N) is 1. The van der Waals surface area contributed by atoms with E-state index in [0.717, 1.165) is 12.8 Å². The Balaban J connectivity index is 2.20. The third-order valence-corrected chi connectivity index (χ3v) is 4.43. The zero-order chi connectivity index (χ0) is 13.8. The highest BCUT2D eigenvalue weighted by atomic mass is 35.5. The number of halogens is 3. The summed E-state index contributed by atoms with van der Waals surface area (Å²) >= 11 is 17.7. The van der Waals surface area contributed by atoms with E-state index in [-0.39, 0.29) is 5.91 Å². The van der Waals surface area contributed by atoms with Crippen molar-refractivity contribution in [3.63, 3.8) is 0 Å². The maximum Gasteiger partial charge on any atom is 0.254 e. The van der Waals surface area contributed by atoms with Crippen molar-refractivity contribution < 1.29 is 4.79 Å². The molecule has 0 atom stereocenters. The summed E-state index contributed by atoms with van der Waals surface area (Å²) in [6, 6.07) is 5.31. The van der Waals surface area contributed by atoms with Crippen LogP contribution in [0.3, 0.4) is 0 Å². The first-order valence-corrected chi connectivity index (χ1v) is 7.74. The van der Waals surface area contributed by atoms with Crippen LogP contribution in [0, 0.1) is 0 Å². The van der Waals surface area contributed by atoms with E-state index in [2.05, 4.69) is 0 Å². The van der Waals surface area contributed by atoms with Gasteiger partial charge in [0, 0.05) is 24.0 Å². The highest BCUT2D eigenvalue weighted by Gasteiger charge is 2.27. The van der Waals surface area contributed by atoms with Gasteiger partial charge >= 0.3 is 0 Å². The number of hydrogen-bond acceptors (Lipinski definition) is 1. The molecule has 0 saturated heterocycles. The second-order valence-electron chi connectivity index (χ2n) is 4.75. The summed E-state index contributed by atoms with van der Waals surface area (Å²) < 4.78 is 0. The zero-order valence-corrected chi connectivity index (χ0v) is 12.8. The van der Waals surface area contributed by atoms with Crippen molar-refractivity contribution >= 4 is 40.7 Å². The number of carbonyl (C=O) groups is 1. The molecule has 0 aliphatic heterocycles. The average molecular weight is 321 g/mol. The van der Waals surface area contributed by atoms with E-state index < -0.39 is 0 Å².